The van der Waals surface area contributed by atoms with E-state index in [1.54, 1.807) is 0 Å². The fraction of sp³-hybridized carbons (Fsp3) is 0.818. The maximum Gasteiger partial charge on any atom is -0.0118 e. The highest BCUT2D eigenvalue weighted by Crippen LogP contribution is 2.47. The fourth-order valence-corrected chi connectivity index (χ4v) is 2.38. The smallest absolute Gasteiger partial charge is 0.0118 e. The van der Waals surface area contributed by atoms with Crippen molar-refractivity contribution in [1.82, 2.24) is 0 Å². The van der Waals surface area contributed by atoms with Crippen LogP contribution in [0.25, 0.3) is 0 Å². The van der Waals surface area contributed by atoms with Gasteiger partial charge < -0.3 is 0 Å². The van der Waals surface area contributed by atoms with Gasteiger partial charge in [-0.2, -0.15) is 0 Å². The summed E-state index contributed by atoms with van der Waals surface area (Å²) in [5.74, 6) is 0. The molecule has 2 rings (SSSR count). The van der Waals surface area contributed by atoms with Crippen LogP contribution in [0.1, 0.15) is 51.4 Å². The van der Waals surface area contributed by atoms with Gasteiger partial charge in [0.1, 0.15) is 0 Å². The van der Waals surface area contributed by atoms with Crippen molar-refractivity contribution < 1.29 is 0 Å². The summed E-state index contributed by atoms with van der Waals surface area (Å²) in [4.78, 5) is 0. The number of rotatable bonds is 0. The minimum Gasteiger partial charge on any atom is -0.0880 e. The van der Waals surface area contributed by atoms with Gasteiger partial charge >= 0.3 is 0 Å². The molecular formula is C11H18. The molecule has 0 nitrogen and oxygen atoms in total. The van der Waals surface area contributed by atoms with E-state index >= 15 is 0 Å². The van der Waals surface area contributed by atoms with Crippen molar-refractivity contribution >= 4 is 0 Å². The molecule has 0 amide bonds. The van der Waals surface area contributed by atoms with Gasteiger partial charge in [-0.05, 0) is 37.5 Å². The molecule has 0 radical (unpaired) electrons. The monoisotopic (exact) mass is 150 g/mol. The van der Waals surface area contributed by atoms with Gasteiger partial charge in [-0.25, -0.2) is 0 Å². The molecule has 11 heavy (non-hydrogen) atoms. The predicted octanol–water partition coefficient (Wildman–Crippen LogP) is 3.68. The van der Waals surface area contributed by atoms with Gasteiger partial charge in [-0.15, -0.1) is 0 Å². The van der Waals surface area contributed by atoms with E-state index in [0.717, 1.165) is 0 Å². The highest BCUT2D eigenvalue weighted by molar-refractivity contribution is 5.05. The Bertz CT molecular complexity index is 151. The Balaban J connectivity index is 2.00. The van der Waals surface area contributed by atoms with Gasteiger partial charge in [0.2, 0.25) is 0 Å². The Hall–Kier alpha value is -0.260. The molecule has 0 aromatic heterocycles. The van der Waals surface area contributed by atoms with Crippen LogP contribution in [-0.4, -0.2) is 0 Å². The van der Waals surface area contributed by atoms with E-state index in [0.29, 0.717) is 5.41 Å². The third kappa shape index (κ3) is 1.50. The van der Waals surface area contributed by atoms with Crippen molar-refractivity contribution in [2.75, 3.05) is 0 Å². The van der Waals surface area contributed by atoms with Gasteiger partial charge in [-0.3, -0.25) is 0 Å². The number of hydrogen-bond acceptors (Lipinski definition) is 0. The molecule has 0 unspecified atom stereocenters. The van der Waals surface area contributed by atoms with Crippen LogP contribution < -0.4 is 0 Å². The van der Waals surface area contributed by atoms with Crippen molar-refractivity contribution in [1.29, 1.82) is 0 Å². The second-order valence-electron chi connectivity index (χ2n) is 4.22. The molecular weight excluding hydrogens is 132 g/mol. The van der Waals surface area contributed by atoms with E-state index in [1.165, 1.54) is 51.4 Å². The lowest BCUT2D eigenvalue weighted by atomic mass is 9.65. The molecule has 1 spiro atoms. The summed E-state index contributed by atoms with van der Waals surface area (Å²) in [5.41, 5.74) is 0.695. The van der Waals surface area contributed by atoms with Crippen molar-refractivity contribution in [2.24, 2.45) is 5.41 Å². The Morgan fingerprint density at radius 3 is 2.36 bits per heavy atom. The maximum absolute atomic E-state index is 2.52. The second-order valence-corrected chi connectivity index (χ2v) is 4.22. The fourth-order valence-electron chi connectivity index (χ4n) is 2.38. The molecule has 1 saturated carbocycles. The molecule has 0 saturated heterocycles. The zero-order valence-electron chi connectivity index (χ0n) is 7.31. The molecule has 0 N–H and O–H groups in total. The third-order valence-corrected chi connectivity index (χ3v) is 3.37. The van der Waals surface area contributed by atoms with E-state index in [9.17, 15) is 0 Å². The Morgan fingerprint density at radius 2 is 1.64 bits per heavy atom. The average molecular weight is 150 g/mol. The van der Waals surface area contributed by atoms with Crippen molar-refractivity contribution in [3.8, 4) is 0 Å². The normalized spacial score (nSPS) is 32.0. The van der Waals surface area contributed by atoms with Crippen molar-refractivity contribution in [3.05, 3.63) is 12.2 Å². The van der Waals surface area contributed by atoms with Crippen molar-refractivity contribution in [3.63, 3.8) is 0 Å². The molecule has 0 heteroatoms. The lowest BCUT2D eigenvalue weighted by molar-refractivity contribution is 0.178. The highest BCUT2D eigenvalue weighted by Gasteiger charge is 2.33. The Labute approximate surface area is 69.7 Å². The summed E-state index contributed by atoms with van der Waals surface area (Å²) < 4.78 is 0. The minimum atomic E-state index is 0.695. The molecule has 0 aliphatic heterocycles. The van der Waals surface area contributed by atoms with Crippen LogP contribution in [-0.2, 0) is 0 Å². The van der Waals surface area contributed by atoms with E-state index in [1.807, 2.05) is 0 Å². The first-order valence-electron chi connectivity index (χ1n) is 5.09. The van der Waals surface area contributed by atoms with E-state index in [-0.39, 0.29) is 0 Å². The summed E-state index contributed by atoms with van der Waals surface area (Å²) >= 11 is 0. The van der Waals surface area contributed by atoms with Gasteiger partial charge in [0.15, 0.2) is 0 Å². The van der Waals surface area contributed by atoms with Crippen LogP contribution in [0.4, 0.5) is 0 Å². The molecule has 0 bridgehead atoms. The summed E-state index contributed by atoms with van der Waals surface area (Å²) in [6.07, 6.45) is 16.6. The predicted molar refractivity (Wildman–Crippen MR) is 48.5 cm³/mol. The first-order valence-corrected chi connectivity index (χ1v) is 5.09. The van der Waals surface area contributed by atoms with Gasteiger partial charge in [0.25, 0.3) is 0 Å². The van der Waals surface area contributed by atoms with Crippen LogP contribution in [0.5, 0.6) is 0 Å². The molecule has 0 aromatic carbocycles. The largest absolute Gasteiger partial charge is 0.0880 e. The van der Waals surface area contributed by atoms with E-state index < -0.39 is 0 Å². The van der Waals surface area contributed by atoms with Crippen LogP contribution >= 0.6 is 0 Å². The van der Waals surface area contributed by atoms with Crippen LogP contribution in [0.2, 0.25) is 0 Å². The Morgan fingerprint density at radius 1 is 0.818 bits per heavy atom. The zero-order valence-corrected chi connectivity index (χ0v) is 7.31. The van der Waals surface area contributed by atoms with E-state index in [2.05, 4.69) is 12.2 Å². The zero-order chi connectivity index (χ0) is 7.57. The minimum absolute atomic E-state index is 0.695. The quantitative estimate of drug-likeness (QED) is 0.462. The number of allylic oxidation sites excluding steroid dienone is 2. The standard InChI is InChI=1S/C11H18/c1-2-4-7-11(8-5-3-1)9-6-10-11/h4,7H,1-3,5-6,8-10H2/b7-4-. The molecule has 0 aromatic rings. The highest BCUT2D eigenvalue weighted by atomic mass is 14.4. The SMILES string of the molecule is C1=C\C2(CCCCC/1)CCC2. The summed E-state index contributed by atoms with van der Waals surface area (Å²) in [5, 5.41) is 0. The lowest BCUT2D eigenvalue weighted by Gasteiger charge is -2.40. The molecule has 1 fully saturated rings. The van der Waals surface area contributed by atoms with Crippen LogP contribution in [0.15, 0.2) is 12.2 Å². The summed E-state index contributed by atoms with van der Waals surface area (Å²) in [6.45, 7) is 0. The van der Waals surface area contributed by atoms with Crippen LogP contribution in [0.3, 0.4) is 0 Å². The van der Waals surface area contributed by atoms with Gasteiger partial charge in [-0.1, -0.05) is 31.4 Å². The topological polar surface area (TPSA) is 0 Å². The first-order chi connectivity index (χ1) is 5.41. The first kappa shape index (κ1) is 7.39. The van der Waals surface area contributed by atoms with E-state index in [4.69, 9.17) is 0 Å². The van der Waals surface area contributed by atoms with Crippen molar-refractivity contribution in [2.45, 2.75) is 51.4 Å². The molecule has 2 aliphatic rings. The molecule has 62 valence electrons. The van der Waals surface area contributed by atoms with Gasteiger partial charge in [0.05, 0.1) is 0 Å². The molecule has 2 aliphatic carbocycles. The molecule has 0 heterocycles. The number of hydrogen-bond donors (Lipinski definition) is 0. The molecule has 0 atom stereocenters. The average Bonchev–Trinajstić information content (AvgIpc) is 1.82. The maximum atomic E-state index is 2.52. The third-order valence-electron chi connectivity index (χ3n) is 3.37. The second kappa shape index (κ2) is 3.00. The summed E-state index contributed by atoms with van der Waals surface area (Å²) in [6, 6.07) is 0. The Kier molecular flexibility index (Phi) is 2.02. The lowest BCUT2D eigenvalue weighted by Crippen LogP contribution is -2.27. The summed E-state index contributed by atoms with van der Waals surface area (Å²) in [7, 11) is 0. The van der Waals surface area contributed by atoms with Gasteiger partial charge in [0, 0.05) is 0 Å². The van der Waals surface area contributed by atoms with Crippen LogP contribution in [0, 0.1) is 5.41 Å².